The Kier molecular flexibility index (Phi) is 2.80. The van der Waals surface area contributed by atoms with Crippen LogP contribution < -0.4 is 0 Å². The van der Waals surface area contributed by atoms with Crippen LogP contribution in [-0.2, 0) is 9.59 Å². The molecular weight excluding hydrogens is 226 g/mol. The Hall–Kier alpha value is -1.12. The zero-order chi connectivity index (χ0) is 12.9. The van der Waals surface area contributed by atoms with E-state index in [4.69, 9.17) is 0 Å². The summed E-state index contributed by atoms with van der Waals surface area (Å²) in [5.41, 5.74) is 1.26. The molecule has 2 fully saturated rings. The number of nitrogens with zero attached hydrogens (tertiary/aromatic N) is 1. The molecule has 1 heterocycles. The van der Waals surface area contributed by atoms with Crippen LogP contribution in [0, 0.1) is 17.8 Å². The van der Waals surface area contributed by atoms with Gasteiger partial charge in [-0.3, -0.25) is 14.5 Å². The van der Waals surface area contributed by atoms with Crippen molar-refractivity contribution in [1.82, 2.24) is 4.90 Å². The van der Waals surface area contributed by atoms with Gasteiger partial charge in [-0.05, 0) is 57.3 Å². The second-order valence-electron chi connectivity index (χ2n) is 6.24. The van der Waals surface area contributed by atoms with Gasteiger partial charge in [0.05, 0.1) is 0 Å². The fourth-order valence-electron chi connectivity index (χ4n) is 4.05. The van der Waals surface area contributed by atoms with Gasteiger partial charge in [-0.2, -0.15) is 0 Å². The van der Waals surface area contributed by atoms with Gasteiger partial charge in [0, 0.05) is 17.7 Å². The van der Waals surface area contributed by atoms with E-state index in [2.05, 4.69) is 0 Å². The van der Waals surface area contributed by atoms with Crippen LogP contribution in [0.4, 0.5) is 0 Å². The lowest BCUT2D eigenvalue weighted by Crippen LogP contribution is -2.34. The summed E-state index contributed by atoms with van der Waals surface area (Å²) in [6.07, 6.45) is 6.50. The van der Waals surface area contributed by atoms with Crippen LogP contribution in [0.25, 0.3) is 0 Å². The SMILES string of the molecule is CC1=C(C)C(=O)N(CCC2CC3CCC2C3)C1=O. The standard InChI is InChI=1S/C15H21NO2/c1-9-10(2)15(18)16(14(9)17)6-5-13-8-11-3-4-12(13)7-11/h11-13H,3-8H2,1-2H3. The molecule has 18 heavy (non-hydrogen) atoms. The topological polar surface area (TPSA) is 37.4 Å². The maximum absolute atomic E-state index is 11.9. The fraction of sp³-hybridized carbons (Fsp3) is 0.733. The van der Waals surface area contributed by atoms with Gasteiger partial charge in [0.15, 0.2) is 0 Å². The maximum Gasteiger partial charge on any atom is 0.256 e. The molecule has 1 aliphatic heterocycles. The van der Waals surface area contributed by atoms with Crippen molar-refractivity contribution in [3.05, 3.63) is 11.1 Å². The molecule has 3 rings (SSSR count). The molecule has 2 aliphatic carbocycles. The molecule has 0 N–H and O–H groups in total. The predicted octanol–water partition coefficient (Wildman–Crippen LogP) is 2.52. The summed E-state index contributed by atoms with van der Waals surface area (Å²) in [5.74, 6) is 2.43. The summed E-state index contributed by atoms with van der Waals surface area (Å²) >= 11 is 0. The van der Waals surface area contributed by atoms with Crippen molar-refractivity contribution in [2.75, 3.05) is 6.54 Å². The first-order valence-corrected chi connectivity index (χ1v) is 7.11. The number of amides is 2. The predicted molar refractivity (Wildman–Crippen MR) is 68.6 cm³/mol. The Morgan fingerprint density at radius 2 is 1.72 bits per heavy atom. The Morgan fingerprint density at radius 1 is 1.06 bits per heavy atom. The molecule has 0 aromatic rings. The zero-order valence-corrected chi connectivity index (χ0v) is 11.2. The van der Waals surface area contributed by atoms with Crippen LogP contribution in [0.3, 0.4) is 0 Å². The van der Waals surface area contributed by atoms with Crippen molar-refractivity contribution < 1.29 is 9.59 Å². The van der Waals surface area contributed by atoms with E-state index in [1.807, 2.05) is 0 Å². The van der Waals surface area contributed by atoms with Crippen LogP contribution >= 0.6 is 0 Å². The Balaban J connectivity index is 1.59. The van der Waals surface area contributed by atoms with E-state index < -0.39 is 0 Å². The van der Waals surface area contributed by atoms with Gasteiger partial charge >= 0.3 is 0 Å². The summed E-state index contributed by atoms with van der Waals surface area (Å²) in [7, 11) is 0. The lowest BCUT2D eigenvalue weighted by atomic mass is 9.86. The lowest BCUT2D eigenvalue weighted by molar-refractivity contribution is -0.137. The van der Waals surface area contributed by atoms with Gasteiger partial charge in [0.25, 0.3) is 11.8 Å². The normalized spacial score (nSPS) is 35.2. The monoisotopic (exact) mass is 247 g/mol. The van der Waals surface area contributed by atoms with Crippen molar-refractivity contribution in [3.8, 4) is 0 Å². The van der Waals surface area contributed by atoms with Crippen LogP contribution in [0.15, 0.2) is 11.1 Å². The minimum atomic E-state index is -0.0688. The largest absolute Gasteiger partial charge is 0.275 e. The van der Waals surface area contributed by atoms with Gasteiger partial charge in [0.2, 0.25) is 0 Å². The molecule has 3 atom stereocenters. The highest BCUT2D eigenvalue weighted by molar-refractivity contribution is 6.18. The highest BCUT2D eigenvalue weighted by atomic mass is 16.2. The van der Waals surface area contributed by atoms with E-state index in [0.717, 1.165) is 24.2 Å². The molecule has 3 unspecified atom stereocenters. The van der Waals surface area contributed by atoms with E-state index in [9.17, 15) is 9.59 Å². The molecule has 2 saturated carbocycles. The molecule has 0 spiro atoms. The van der Waals surface area contributed by atoms with Crippen molar-refractivity contribution in [2.45, 2.75) is 46.0 Å². The molecule has 3 aliphatic rings. The Bertz CT molecular complexity index is 414. The molecule has 2 bridgehead atoms. The van der Waals surface area contributed by atoms with Gasteiger partial charge < -0.3 is 0 Å². The summed E-state index contributed by atoms with van der Waals surface area (Å²) in [4.78, 5) is 25.3. The average molecular weight is 247 g/mol. The highest BCUT2D eigenvalue weighted by Gasteiger charge is 2.40. The molecule has 0 aromatic carbocycles. The van der Waals surface area contributed by atoms with E-state index in [-0.39, 0.29) is 11.8 Å². The van der Waals surface area contributed by atoms with Crippen molar-refractivity contribution in [3.63, 3.8) is 0 Å². The first-order valence-electron chi connectivity index (χ1n) is 7.11. The molecule has 98 valence electrons. The minimum Gasteiger partial charge on any atom is -0.275 e. The second-order valence-corrected chi connectivity index (χ2v) is 6.24. The van der Waals surface area contributed by atoms with E-state index in [1.54, 1.807) is 13.8 Å². The minimum absolute atomic E-state index is 0.0688. The van der Waals surface area contributed by atoms with Crippen LogP contribution in [0.1, 0.15) is 46.0 Å². The van der Waals surface area contributed by atoms with Gasteiger partial charge in [0.1, 0.15) is 0 Å². The Labute approximate surface area is 108 Å². The smallest absolute Gasteiger partial charge is 0.256 e. The van der Waals surface area contributed by atoms with Crippen molar-refractivity contribution in [1.29, 1.82) is 0 Å². The van der Waals surface area contributed by atoms with Gasteiger partial charge in [-0.1, -0.05) is 6.42 Å². The molecule has 0 radical (unpaired) electrons. The first kappa shape index (κ1) is 11.9. The van der Waals surface area contributed by atoms with E-state index in [1.165, 1.54) is 30.6 Å². The third-order valence-electron chi connectivity index (χ3n) is 5.30. The van der Waals surface area contributed by atoms with Crippen LogP contribution in [0.5, 0.6) is 0 Å². The van der Waals surface area contributed by atoms with Gasteiger partial charge in [-0.25, -0.2) is 0 Å². The third-order valence-corrected chi connectivity index (χ3v) is 5.30. The Morgan fingerprint density at radius 3 is 2.22 bits per heavy atom. The number of fused-ring (bicyclic) bond motifs is 2. The quantitative estimate of drug-likeness (QED) is 0.719. The van der Waals surface area contributed by atoms with Crippen LogP contribution in [-0.4, -0.2) is 23.3 Å². The average Bonchev–Trinajstić information content (AvgIpc) is 3.02. The summed E-state index contributed by atoms with van der Waals surface area (Å²) in [6, 6.07) is 0. The number of carbonyl (C=O) groups is 2. The number of carbonyl (C=O) groups excluding carboxylic acids is 2. The zero-order valence-electron chi connectivity index (χ0n) is 11.2. The third kappa shape index (κ3) is 1.72. The van der Waals surface area contributed by atoms with Crippen molar-refractivity contribution in [2.24, 2.45) is 17.8 Å². The van der Waals surface area contributed by atoms with Crippen LogP contribution in [0.2, 0.25) is 0 Å². The van der Waals surface area contributed by atoms with Crippen molar-refractivity contribution >= 4 is 11.8 Å². The second kappa shape index (κ2) is 4.22. The fourth-order valence-corrected chi connectivity index (χ4v) is 4.05. The number of hydrogen-bond acceptors (Lipinski definition) is 2. The molecule has 0 saturated heterocycles. The number of rotatable bonds is 3. The lowest BCUT2D eigenvalue weighted by Gasteiger charge is -2.24. The molecular formula is C15H21NO2. The van der Waals surface area contributed by atoms with E-state index >= 15 is 0 Å². The molecule has 0 aromatic heterocycles. The maximum atomic E-state index is 11.9. The summed E-state index contributed by atoms with van der Waals surface area (Å²) in [6.45, 7) is 4.14. The first-order chi connectivity index (χ1) is 8.58. The molecule has 3 heteroatoms. The van der Waals surface area contributed by atoms with Gasteiger partial charge in [-0.15, -0.1) is 0 Å². The molecule has 3 nitrogen and oxygen atoms in total. The summed E-state index contributed by atoms with van der Waals surface area (Å²) in [5, 5.41) is 0. The molecule has 2 amide bonds. The number of hydrogen-bond donors (Lipinski definition) is 0. The highest BCUT2D eigenvalue weighted by Crippen LogP contribution is 2.49. The summed E-state index contributed by atoms with van der Waals surface area (Å²) < 4.78 is 0. The van der Waals surface area contributed by atoms with E-state index in [0.29, 0.717) is 17.7 Å². The number of imide groups is 1.